The van der Waals surface area contributed by atoms with Crippen molar-refractivity contribution in [2.75, 3.05) is 0 Å². The van der Waals surface area contributed by atoms with Gasteiger partial charge in [0.25, 0.3) is 5.54 Å². The van der Waals surface area contributed by atoms with E-state index in [1.165, 1.54) is 6.20 Å². The van der Waals surface area contributed by atoms with Crippen molar-refractivity contribution in [2.24, 2.45) is 0 Å². The van der Waals surface area contributed by atoms with Crippen LogP contribution in [0, 0.1) is 10.1 Å². The fourth-order valence-corrected chi connectivity index (χ4v) is 2.10. The zero-order valence-corrected chi connectivity index (χ0v) is 9.65. The standard InChI is InChI=1S/C10H10ClN3O2/c1-6-3-7-9(12-5-8(11)13-7)10(2,4-6)14(15)16/h3,5H,4H2,1-2H3. The van der Waals surface area contributed by atoms with Crippen LogP contribution in [0.4, 0.5) is 0 Å². The molecule has 0 N–H and O–H groups in total. The van der Waals surface area contributed by atoms with Crippen LogP contribution in [0.2, 0.25) is 5.15 Å². The second kappa shape index (κ2) is 3.52. The second-order valence-electron chi connectivity index (χ2n) is 4.13. The molecule has 0 aliphatic heterocycles. The molecule has 2 rings (SSSR count). The van der Waals surface area contributed by atoms with E-state index in [2.05, 4.69) is 9.97 Å². The summed E-state index contributed by atoms with van der Waals surface area (Å²) >= 11 is 5.72. The molecule has 0 aromatic carbocycles. The van der Waals surface area contributed by atoms with E-state index in [4.69, 9.17) is 11.6 Å². The van der Waals surface area contributed by atoms with E-state index >= 15 is 0 Å². The van der Waals surface area contributed by atoms with Crippen LogP contribution in [0.15, 0.2) is 11.8 Å². The minimum atomic E-state index is -1.20. The van der Waals surface area contributed by atoms with Crippen molar-refractivity contribution in [3.05, 3.63) is 38.4 Å². The molecule has 6 heteroatoms. The molecule has 0 spiro atoms. The van der Waals surface area contributed by atoms with Gasteiger partial charge < -0.3 is 0 Å². The molecule has 1 heterocycles. The predicted octanol–water partition coefficient (Wildman–Crippen LogP) is 2.43. The normalized spacial score (nSPS) is 23.6. The van der Waals surface area contributed by atoms with Gasteiger partial charge in [-0.1, -0.05) is 17.2 Å². The fourth-order valence-electron chi connectivity index (χ4n) is 1.96. The lowest BCUT2D eigenvalue weighted by Gasteiger charge is -2.25. The Bertz CT molecular complexity index is 501. The van der Waals surface area contributed by atoms with E-state index in [1.807, 2.05) is 6.92 Å². The molecule has 0 saturated carbocycles. The largest absolute Gasteiger partial charge is 0.266 e. The van der Waals surface area contributed by atoms with E-state index in [9.17, 15) is 10.1 Å². The Morgan fingerprint density at radius 1 is 1.62 bits per heavy atom. The van der Waals surface area contributed by atoms with E-state index in [0.29, 0.717) is 17.8 Å². The van der Waals surface area contributed by atoms with Crippen LogP contribution in [0.5, 0.6) is 0 Å². The Kier molecular flexibility index (Phi) is 2.42. The molecular formula is C10H10ClN3O2. The van der Waals surface area contributed by atoms with Gasteiger partial charge in [-0.2, -0.15) is 0 Å². The maximum atomic E-state index is 11.1. The summed E-state index contributed by atoms with van der Waals surface area (Å²) in [5.41, 5.74) is 0.581. The summed E-state index contributed by atoms with van der Waals surface area (Å²) in [6, 6.07) is 0. The molecule has 5 nitrogen and oxygen atoms in total. The van der Waals surface area contributed by atoms with Gasteiger partial charge in [-0.3, -0.25) is 10.1 Å². The monoisotopic (exact) mass is 239 g/mol. The average molecular weight is 240 g/mol. The van der Waals surface area contributed by atoms with Gasteiger partial charge in [-0.25, -0.2) is 9.97 Å². The minimum Gasteiger partial charge on any atom is -0.264 e. The van der Waals surface area contributed by atoms with E-state index in [1.54, 1.807) is 13.0 Å². The average Bonchev–Trinajstić information content (AvgIpc) is 2.15. The lowest BCUT2D eigenvalue weighted by molar-refractivity contribution is -0.575. The Balaban J connectivity index is 2.67. The lowest BCUT2D eigenvalue weighted by atomic mass is 9.84. The molecule has 1 aliphatic rings. The SMILES string of the molecule is CC1=Cc2nc(Cl)cnc2C(C)([N+](=O)[O-])C1. The smallest absolute Gasteiger partial charge is 0.264 e. The summed E-state index contributed by atoms with van der Waals surface area (Å²) in [5, 5.41) is 11.4. The van der Waals surface area contributed by atoms with Crippen molar-refractivity contribution >= 4 is 17.7 Å². The number of rotatable bonds is 1. The first-order chi connectivity index (χ1) is 7.43. The summed E-state index contributed by atoms with van der Waals surface area (Å²) < 4.78 is 0. The van der Waals surface area contributed by atoms with Gasteiger partial charge in [-0.15, -0.1) is 0 Å². The number of nitro groups is 1. The van der Waals surface area contributed by atoms with Crippen LogP contribution in [0.1, 0.15) is 31.7 Å². The van der Waals surface area contributed by atoms with E-state index in [-0.39, 0.29) is 10.1 Å². The number of aromatic nitrogens is 2. The first kappa shape index (κ1) is 11.0. The molecule has 16 heavy (non-hydrogen) atoms. The zero-order valence-electron chi connectivity index (χ0n) is 8.90. The molecule has 84 valence electrons. The number of fused-ring (bicyclic) bond motifs is 1. The highest BCUT2D eigenvalue weighted by molar-refractivity contribution is 6.29. The van der Waals surface area contributed by atoms with Gasteiger partial charge >= 0.3 is 0 Å². The van der Waals surface area contributed by atoms with Crippen molar-refractivity contribution in [3.63, 3.8) is 0 Å². The van der Waals surface area contributed by atoms with Crippen LogP contribution < -0.4 is 0 Å². The molecule has 1 aliphatic carbocycles. The lowest BCUT2D eigenvalue weighted by Crippen LogP contribution is -2.36. The fraction of sp³-hybridized carbons (Fsp3) is 0.400. The summed E-state index contributed by atoms with van der Waals surface area (Å²) in [6.07, 6.45) is 3.49. The van der Waals surface area contributed by atoms with Gasteiger partial charge in [0.15, 0.2) is 0 Å². The van der Waals surface area contributed by atoms with Gasteiger partial charge in [0.05, 0.1) is 11.9 Å². The molecule has 0 bridgehead atoms. The summed E-state index contributed by atoms with van der Waals surface area (Å²) in [7, 11) is 0. The van der Waals surface area contributed by atoms with Crippen molar-refractivity contribution < 1.29 is 4.92 Å². The summed E-state index contributed by atoms with van der Waals surface area (Å²) in [4.78, 5) is 18.9. The number of hydrogen-bond donors (Lipinski definition) is 0. The van der Waals surface area contributed by atoms with Crippen LogP contribution in [-0.4, -0.2) is 14.9 Å². The highest BCUT2D eigenvalue weighted by Gasteiger charge is 2.45. The quantitative estimate of drug-likeness (QED) is 0.558. The summed E-state index contributed by atoms with van der Waals surface area (Å²) in [6.45, 7) is 3.40. The Hall–Kier alpha value is -1.49. The molecule has 0 fully saturated rings. The molecular weight excluding hydrogens is 230 g/mol. The molecule has 1 aromatic heterocycles. The number of nitrogens with zero attached hydrogens (tertiary/aromatic N) is 3. The van der Waals surface area contributed by atoms with Gasteiger partial charge in [0.2, 0.25) is 0 Å². The van der Waals surface area contributed by atoms with Gasteiger partial charge in [-0.05, 0) is 13.0 Å². The maximum Gasteiger partial charge on any atom is 0.266 e. The Morgan fingerprint density at radius 3 is 2.94 bits per heavy atom. The van der Waals surface area contributed by atoms with Gasteiger partial charge in [0, 0.05) is 18.3 Å². The van der Waals surface area contributed by atoms with Crippen molar-refractivity contribution in [1.82, 2.24) is 9.97 Å². The highest BCUT2D eigenvalue weighted by Crippen LogP contribution is 2.37. The summed E-state index contributed by atoms with van der Waals surface area (Å²) in [5.74, 6) is 0. The molecule has 1 aromatic rings. The third-order valence-corrected chi connectivity index (χ3v) is 2.87. The zero-order chi connectivity index (χ0) is 11.9. The van der Waals surface area contributed by atoms with Crippen LogP contribution >= 0.6 is 11.6 Å². The molecule has 0 saturated heterocycles. The van der Waals surface area contributed by atoms with Crippen LogP contribution in [-0.2, 0) is 5.54 Å². The first-order valence-electron chi connectivity index (χ1n) is 4.78. The van der Waals surface area contributed by atoms with Gasteiger partial charge in [0.1, 0.15) is 10.8 Å². The molecule has 0 radical (unpaired) electrons. The number of hydrogen-bond acceptors (Lipinski definition) is 4. The topological polar surface area (TPSA) is 68.9 Å². The van der Waals surface area contributed by atoms with Crippen LogP contribution in [0.25, 0.3) is 6.08 Å². The highest BCUT2D eigenvalue weighted by atomic mass is 35.5. The van der Waals surface area contributed by atoms with Crippen LogP contribution in [0.3, 0.4) is 0 Å². The molecule has 0 amide bonds. The predicted molar refractivity (Wildman–Crippen MR) is 59.7 cm³/mol. The maximum absolute atomic E-state index is 11.1. The molecule has 1 atom stereocenters. The molecule has 1 unspecified atom stereocenters. The Labute approximate surface area is 97.3 Å². The number of halogens is 1. The third kappa shape index (κ3) is 1.57. The third-order valence-electron chi connectivity index (χ3n) is 2.69. The van der Waals surface area contributed by atoms with E-state index < -0.39 is 5.54 Å². The van der Waals surface area contributed by atoms with Crippen molar-refractivity contribution in [2.45, 2.75) is 25.8 Å². The Morgan fingerprint density at radius 2 is 2.31 bits per heavy atom. The first-order valence-corrected chi connectivity index (χ1v) is 5.16. The minimum absolute atomic E-state index is 0.246. The van der Waals surface area contributed by atoms with Crippen molar-refractivity contribution in [3.8, 4) is 0 Å². The second-order valence-corrected chi connectivity index (χ2v) is 4.51. The van der Waals surface area contributed by atoms with Crippen molar-refractivity contribution in [1.29, 1.82) is 0 Å². The van der Waals surface area contributed by atoms with E-state index in [0.717, 1.165) is 5.57 Å².